The zero-order valence-electron chi connectivity index (χ0n) is 21.7. The Morgan fingerprint density at radius 3 is 2.34 bits per heavy atom. The number of para-hydroxylation sites is 1. The van der Waals surface area contributed by atoms with E-state index in [0.29, 0.717) is 34.4 Å². The van der Waals surface area contributed by atoms with Gasteiger partial charge in [0.2, 0.25) is 0 Å². The van der Waals surface area contributed by atoms with E-state index in [1.165, 1.54) is 24.3 Å². The van der Waals surface area contributed by atoms with Crippen LogP contribution in [0.15, 0.2) is 77.6 Å². The van der Waals surface area contributed by atoms with Crippen molar-refractivity contribution >= 4 is 22.5 Å². The lowest BCUT2D eigenvalue weighted by molar-refractivity contribution is -0.384. The Kier molecular flexibility index (Phi) is 8.28. The van der Waals surface area contributed by atoms with Crippen molar-refractivity contribution in [3.05, 3.63) is 110 Å². The van der Waals surface area contributed by atoms with Crippen LogP contribution in [-0.4, -0.2) is 45.5 Å². The van der Waals surface area contributed by atoms with Crippen LogP contribution in [0.5, 0.6) is 0 Å². The molecule has 0 fully saturated rings. The number of carbonyl (C=O) groups excluding carboxylic acids is 1. The van der Waals surface area contributed by atoms with Crippen molar-refractivity contribution in [2.45, 2.75) is 32.7 Å². The number of hydrogen-bond acceptors (Lipinski definition) is 6. The van der Waals surface area contributed by atoms with Gasteiger partial charge in [-0.1, -0.05) is 38.1 Å². The monoisotopic (exact) mass is 514 g/mol. The molecule has 0 spiro atoms. The Bertz CT molecular complexity index is 1500. The molecule has 3 aromatic carbocycles. The van der Waals surface area contributed by atoms with Gasteiger partial charge < -0.3 is 9.64 Å². The number of fused-ring (bicyclic) bond motifs is 1. The van der Waals surface area contributed by atoms with Gasteiger partial charge in [0.05, 0.1) is 34.2 Å². The zero-order chi connectivity index (χ0) is 27.2. The molecule has 9 heteroatoms. The fourth-order valence-electron chi connectivity index (χ4n) is 4.53. The number of aromatic nitrogens is 2. The highest BCUT2D eigenvalue weighted by atomic mass is 16.6. The first-order valence-electron chi connectivity index (χ1n) is 12.5. The molecule has 0 aliphatic heterocycles. The van der Waals surface area contributed by atoms with Crippen LogP contribution >= 0.6 is 0 Å². The summed E-state index contributed by atoms with van der Waals surface area (Å²) in [6, 6.07) is 19.8. The molecule has 4 aromatic rings. The molecule has 0 N–H and O–H groups in total. The molecule has 0 radical (unpaired) electrons. The molecule has 9 nitrogen and oxygen atoms in total. The predicted octanol–water partition coefficient (Wildman–Crippen LogP) is 5.10. The second-order valence-corrected chi connectivity index (χ2v) is 8.87. The van der Waals surface area contributed by atoms with E-state index in [4.69, 9.17) is 9.72 Å². The number of carbonyl (C=O) groups is 1. The lowest BCUT2D eigenvalue weighted by atomic mass is 10.1. The van der Waals surface area contributed by atoms with E-state index in [9.17, 15) is 19.7 Å². The molecule has 0 saturated carbocycles. The van der Waals surface area contributed by atoms with Gasteiger partial charge in [-0.2, -0.15) is 0 Å². The van der Waals surface area contributed by atoms with Crippen LogP contribution in [0.3, 0.4) is 0 Å². The minimum atomic E-state index is -0.573. The summed E-state index contributed by atoms with van der Waals surface area (Å²) in [6.07, 6.45) is 1.34. The molecule has 1 atom stereocenters. The topological polar surface area (TPSA) is 108 Å². The van der Waals surface area contributed by atoms with Gasteiger partial charge in [0.25, 0.3) is 17.2 Å². The van der Waals surface area contributed by atoms with Gasteiger partial charge in [0, 0.05) is 31.4 Å². The van der Waals surface area contributed by atoms with Crippen LogP contribution < -0.4 is 5.56 Å². The normalized spacial score (nSPS) is 11.9. The van der Waals surface area contributed by atoms with Crippen LogP contribution in [0.1, 0.15) is 48.1 Å². The first kappa shape index (κ1) is 26.7. The van der Waals surface area contributed by atoms with E-state index in [2.05, 4.69) is 6.92 Å². The molecule has 0 saturated heterocycles. The summed E-state index contributed by atoms with van der Waals surface area (Å²) in [4.78, 5) is 44.7. The van der Waals surface area contributed by atoms with Crippen molar-refractivity contribution < 1.29 is 14.5 Å². The van der Waals surface area contributed by atoms with Crippen molar-refractivity contribution in [3.8, 4) is 5.69 Å². The largest absolute Gasteiger partial charge is 0.383 e. The van der Waals surface area contributed by atoms with Gasteiger partial charge in [-0.3, -0.25) is 24.3 Å². The smallest absolute Gasteiger partial charge is 0.269 e. The van der Waals surface area contributed by atoms with Crippen molar-refractivity contribution in [2.24, 2.45) is 0 Å². The number of hydrogen-bond donors (Lipinski definition) is 0. The van der Waals surface area contributed by atoms with Crippen molar-refractivity contribution in [1.82, 2.24) is 14.5 Å². The summed E-state index contributed by atoms with van der Waals surface area (Å²) in [6.45, 7) is 4.49. The number of benzene rings is 3. The predicted molar refractivity (Wildman–Crippen MR) is 146 cm³/mol. The minimum absolute atomic E-state index is 0.0995. The summed E-state index contributed by atoms with van der Waals surface area (Å²) in [7, 11) is 1.55. The Balaban J connectivity index is 1.89. The number of amides is 1. The maximum Gasteiger partial charge on any atom is 0.269 e. The Hall–Kier alpha value is -4.37. The number of non-ortho nitro benzene ring substituents is 1. The van der Waals surface area contributed by atoms with E-state index in [1.807, 2.05) is 37.3 Å². The molecule has 196 valence electrons. The molecule has 4 rings (SSSR count). The van der Waals surface area contributed by atoms with Crippen LogP contribution in [0.25, 0.3) is 16.6 Å². The van der Waals surface area contributed by atoms with Gasteiger partial charge in [-0.25, -0.2) is 4.98 Å². The van der Waals surface area contributed by atoms with Gasteiger partial charge in [-0.05, 0) is 54.8 Å². The fourth-order valence-corrected chi connectivity index (χ4v) is 4.53. The lowest BCUT2D eigenvalue weighted by Crippen LogP contribution is -2.40. The maximum absolute atomic E-state index is 13.8. The van der Waals surface area contributed by atoms with E-state index < -0.39 is 11.0 Å². The summed E-state index contributed by atoms with van der Waals surface area (Å²) in [5.74, 6) is 0.103. The number of rotatable bonds is 10. The molecular formula is C29H30N4O5. The SMILES string of the molecule is CCc1ccc(-n2c(C(CC)N(CCOC)C(=O)c3ccc([N+](=O)[O-])cc3)nc3ccccc3c2=O)cc1. The van der Waals surface area contributed by atoms with E-state index in [-0.39, 0.29) is 30.3 Å². The highest BCUT2D eigenvalue weighted by molar-refractivity contribution is 5.94. The third-order valence-electron chi connectivity index (χ3n) is 6.59. The molecule has 0 aliphatic rings. The van der Waals surface area contributed by atoms with Crippen LogP contribution in [0.4, 0.5) is 5.69 Å². The average molecular weight is 515 g/mol. The molecule has 0 aliphatic carbocycles. The summed E-state index contributed by atoms with van der Waals surface area (Å²) in [5, 5.41) is 11.6. The summed E-state index contributed by atoms with van der Waals surface area (Å²) < 4.78 is 6.88. The van der Waals surface area contributed by atoms with Crippen molar-refractivity contribution in [3.63, 3.8) is 0 Å². The quantitative estimate of drug-likeness (QED) is 0.215. The summed E-state index contributed by atoms with van der Waals surface area (Å²) >= 11 is 0. The number of nitro benzene ring substituents is 1. The molecule has 0 bridgehead atoms. The third kappa shape index (κ3) is 5.33. The summed E-state index contributed by atoms with van der Waals surface area (Å²) in [5.41, 5.74) is 2.32. The van der Waals surface area contributed by atoms with Crippen LogP contribution in [-0.2, 0) is 11.2 Å². The standard InChI is InChI=1S/C29H30N4O5/c1-4-20-10-14-22(15-11-20)32-27(30-25-9-7-6-8-24(25)29(32)35)26(5-2)31(18-19-38-3)28(34)21-12-16-23(17-13-21)33(36)37/h6-17,26H,4-5,18-19H2,1-3H3. The van der Waals surface area contributed by atoms with Gasteiger partial charge in [0.1, 0.15) is 5.82 Å². The van der Waals surface area contributed by atoms with Crippen molar-refractivity contribution in [2.75, 3.05) is 20.3 Å². The molecule has 38 heavy (non-hydrogen) atoms. The molecule has 1 heterocycles. The first-order valence-corrected chi connectivity index (χ1v) is 12.5. The maximum atomic E-state index is 13.8. The van der Waals surface area contributed by atoms with Gasteiger partial charge in [0.15, 0.2) is 0 Å². The third-order valence-corrected chi connectivity index (χ3v) is 6.59. The van der Waals surface area contributed by atoms with Crippen LogP contribution in [0.2, 0.25) is 0 Å². The van der Waals surface area contributed by atoms with Gasteiger partial charge >= 0.3 is 0 Å². The fraction of sp³-hybridized carbons (Fsp3) is 0.276. The Morgan fingerprint density at radius 1 is 1.05 bits per heavy atom. The molecular weight excluding hydrogens is 484 g/mol. The number of nitro groups is 1. The minimum Gasteiger partial charge on any atom is -0.383 e. The number of methoxy groups -OCH3 is 1. The molecule has 1 unspecified atom stereocenters. The highest BCUT2D eigenvalue weighted by Gasteiger charge is 2.30. The Morgan fingerprint density at radius 2 is 1.74 bits per heavy atom. The van der Waals surface area contributed by atoms with Gasteiger partial charge in [-0.15, -0.1) is 0 Å². The lowest BCUT2D eigenvalue weighted by Gasteiger charge is -2.32. The average Bonchev–Trinajstić information content (AvgIpc) is 2.95. The second kappa shape index (κ2) is 11.8. The second-order valence-electron chi connectivity index (χ2n) is 8.87. The number of aryl methyl sites for hydroxylation is 1. The van der Waals surface area contributed by atoms with E-state index >= 15 is 0 Å². The molecule has 1 aromatic heterocycles. The number of ether oxygens (including phenoxy) is 1. The zero-order valence-corrected chi connectivity index (χ0v) is 21.7. The van der Waals surface area contributed by atoms with Crippen LogP contribution in [0, 0.1) is 10.1 Å². The van der Waals surface area contributed by atoms with E-state index in [0.717, 1.165) is 12.0 Å². The number of nitrogens with zero attached hydrogens (tertiary/aromatic N) is 4. The highest BCUT2D eigenvalue weighted by Crippen LogP contribution is 2.28. The van der Waals surface area contributed by atoms with Crippen molar-refractivity contribution in [1.29, 1.82) is 0 Å². The molecule has 1 amide bonds. The van der Waals surface area contributed by atoms with E-state index in [1.54, 1.807) is 34.8 Å². The Labute approximate surface area is 220 Å². The first-order chi connectivity index (χ1) is 18.4.